The summed E-state index contributed by atoms with van der Waals surface area (Å²) in [6.07, 6.45) is 7.62. The SMILES string of the molecule is NCC1(c2nc3ncccc3o2)CCCCC1. The van der Waals surface area contributed by atoms with E-state index in [9.17, 15) is 0 Å². The fourth-order valence-corrected chi connectivity index (χ4v) is 2.73. The smallest absolute Gasteiger partial charge is 0.204 e. The van der Waals surface area contributed by atoms with Crippen LogP contribution in [0.25, 0.3) is 11.2 Å². The fraction of sp³-hybridized carbons (Fsp3) is 0.538. The summed E-state index contributed by atoms with van der Waals surface area (Å²) in [4.78, 5) is 8.74. The maximum Gasteiger partial charge on any atom is 0.204 e. The molecule has 17 heavy (non-hydrogen) atoms. The first-order chi connectivity index (χ1) is 8.34. The second-order valence-corrected chi connectivity index (χ2v) is 4.89. The van der Waals surface area contributed by atoms with Gasteiger partial charge in [0.2, 0.25) is 5.89 Å². The molecule has 0 spiro atoms. The zero-order valence-electron chi connectivity index (χ0n) is 9.85. The number of nitrogens with two attached hydrogens (primary N) is 1. The highest BCUT2D eigenvalue weighted by Gasteiger charge is 2.37. The molecule has 90 valence electrons. The summed E-state index contributed by atoms with van der Waals surface area (Å²) in [6.45, 7) is 0.611. The highest BCUT2D eigenvalue weighted by molar-refractivity contribution is 5.67. The summed E-state index contributed by atoms with van der Waals surface area (Å²) in [7, 11) is 0. The lowest BCUT2D eigenvalue weighted by atomic mass is 9.74. The third kappa shape index (κ3) is 1.72. The minimum Gasteiger partial charge on any atom is -0.438 e. The van der Waals surface area contributed by atoms with Gasteiger partial charge in [0.05, 0.1) is 5.41 Å². The monoisotopic (exact) mass is 231 g/mol. The highest BCUT2D eigenvalue weighted by atomic mass is 16.3. The van der Waals surface area contributed by atoms with Crippen LogP contribution in [0.2, 0.25) is 0 Å². The summed E-state index contributed by atoms with van der Waals surface area (Å²) >= 11 is 0. The standard InChI is InChI=1S/C13H17N3O/c14-9-13(6-2-1-3-7-13)12-16-11-10(17-12)5-4-8-15-11/h4-5,8H,1-3,6-7,9,14H2. The lowest BCUT2D eigenvalue weighted by Crippen LogP contribution is -2.37. The van der Waals surface area contributed by atoms with E-state index in [0.717, 1.165) is 24.3 Å². The number of pyridine rings is 1. The van der Waals surface area contributed by atoms with E-state index in [2.05, 4.69) is 9.97 Å². The van der Waals surface area contributed by atoms with Gasteiger partial charge in [-0.3, -0.25) is 0 Å². The van der Waals surface area contributed by atoms with E-state index < -0.39 is 0 Å². The summed E-state index contributed by atoms with van der Waals surface area (Å²) in [6, 6.07) is 3.78. The number of hydrogen-bond donors (Lipinski definition) is 1. The van der Waals surface area contributed by atoms with Crippen LogP contribution in [0.1, 0.15) is 38.0 Å². The van der Waals surface area contributed by atoms with Crippen LogP contribution in [0.4, 0.5) is 0 Å². The Hall–Kier alpha value is -1.42. The van der Waals surface area contributed by atoms with E-state index in [-0.39, 0.29) is 5.41 Å². The number of hydrogen-bond acceptors (Lipinski definition) is 4. The normalized spacial score (nSPS) is 19.6. The molecule has 4 heteroatoms. The van der Waals surface area contributed by atoms with Gasteiger partial charge in [0, 0.05) is 12.7 Å². The molecule has 0 saturated heterocycles. The molecular formula is C13H17N3O. The zero-order valence-corrected chi connectivity index (χ0v) is 9.85. The predicted octanol–water partition coefficient (Wildman–Crippen LogP) is 2.38. The van der Waals surface area contributed by atoms with E-state index in [1.54, 1.807) is 6.20 Å². The minimum atomic E-state index is -0.0566. The molecule has 0 bridgehead atoms. The van der Waals surface area contributed by atoms with Crippen molar-refractivity contribution in [1.29, 1.82) is 0 Å². The van der Waals surface area contributed by atoms with Gasteiger partial charge < -0.3 is 10.2 Å². The van der Waals surface area contributed by atoms with Gasteiger partial charge in [0.1, 0.15) is 0 Å². The molecular weight excluding hydrogens is 214 g/mol. The summed E-state index contributed by atoms with van der Waals surface area (Å²) < 4.78 is 5.85. The average Bonchev–Trinajstić information content (AvgIpc) is 2.84. The molecule has 0 unspecified atom stereocenters. The summed E-state index contributed by atoms with van der Waals surface area (Å²) in [5.41, 5.74) is 7.38. The van der Waals surface area contributed by atoms with E-state index in [1.165, 1.54) is 19.3 Å². The molecule has 0 amide bonds. The van der Waals surface area contributed by atoms with Crippen LogP contribution >= 0.6 is 0 Å². The third-order valence-corrected chi connectivity index (χ3v) is 3.82. The van der Waals surface area contributed by atoms with Gasteiger partial charge in [-0.25, -0.2) is 4.98 Å². The lowest BCUT2D eigenvalue weighted by Gasteiger charge is -2.32. The number of nitrogens with zero attached hydrogens (tertiary/aromatic N) is 2. The Balaban J connectivity index is 2.05. The number of fused-ring (bicyclic) bond motifs is 1. The molecule has 0 aromatic carbocycles. The minimum absolute atomic E-state index is 0.0566. The average molecular weight is 231 g/mol. The zero-order chi connectivity index (χ0) is 11.7. The highest BCUT2D eigenvalue weighted by Crippen LogP contribution is 2.38. The van der Waals surface area contributed by atoms with Crippen molar-refractivity contribution in [3.63, 3.8) is 0 Å². The lowest BCUT2D eigenvalue weighted by molar-refractivity contribution is 0.247. The van der Waals surface area contributed by atoms with Crippen molar-refractivity contribution >= 4 is 11.2 Å². The predicted molar refractivity (Wildman–Crippen MR) is 65.6 cm³/mol. The Bertz CT molecular complexity index is 481. The van der Waals surface area contributed by atoms with Gasteiger partial charge in [-0.05, 0) is 25.0 Å². The van der Waals surface area contributed by atoms with Gasteiger partial charge in [0.25, 0.3) is 0 Å². The number of aromatic nitrogens is 2. The molecule has 1 aliphatic carbocycles. The van der Waals surface area contributed by atoms with Crippen LogP contribution in [0, 0.1) is 0 Å². The molecule has 4 nitrogen and oxygen atoms in total. The Labute approximate surface area is 100 Å². The molecule has 2 aromatic rings. The first kappa shape index (κ1) is 10.7. The van der Waals surface area contributed by atoms with Gasteiger partial charge in [-0.1, -0.05) is 19.3 Å². The van der Waals surface area contributed by atoms with Crippen LogP contribution < -0.4 is 5.73 Å². The second-order valence-electron chi connectivity index (χ2n) is 4.89. The fourth-order valence-electron chi connectivity index (χ4n) is 2.73. The molecule has 2 heterocycles. The van der Waals surface area contributed by atoms with Crippen molar-refractivity contribution in [3.8, 4) is 0 Å². The summed E-state index contributed by atoms with van der Waals surface area (Å²) in [5, 5.41) is 0. The maximum atomic E-state index is 5.97. The second kappa shape index (κ2) is 4.11. The van der Waals surface area contributed by atoms with Gasteiger partial charge in [0.15, 0.2) is 11.2 Å². The Morgan fingerprint density at radius 2 is 2.12 bits per heavy atom. The quantitative estimate of drug-likeness (QED) is 0.861. The molecule has 0 aliphatic heterocycles. The maximum absolute atomic E-state index is 5.97. The van der Waals surface area contributed by atoms with E-state index in [0.29, 0.717) is 12.2 Å². The van der Waals surface area contributed by atoms with Crippen LogP contribution in [-0.2, 0) is 5.41 Å². The molecule has 0 atom stereocenters. The van der Waals surface area contributed by atoms with Crippen LogP contribution in [0.15, 0.2) is 22.7 Å². The molecule has 1 aliphatic rings. The molecule has 2 aromatic heterocycles. The van der Waals surface area contributed by atoms with E-state index in [1.807, 2.05) is 12.1 Å². The number of rotatable bonds is 2. The first-order valence-corrected chi connectivity index (χ1v) is 6.26. The van der Waals surface area contributed by atoms with Crippen molar-refractivity contribution in [2.75, 3.05) is 6.54 Å². The molecule has 3 rings (SSSR count). The van der Waals surface area contributed by atoms with Crippen molar-refractivity contribution in [2.24, 2.45) is 5.73 Å². The van der Waals surface area contributed by atoms with E-state index in [4.69, 9.17) is 10.2 Å². The van der Waals surface area contributed by atoms with Gasteiger partial charge >= 0.3 is 0 Å². The topological polar surface area (TPSA) is 64.9 Å². The Kier molecular flexibility index (Phi) is 2.59. The van der Waals surface area contributed by atoms with Crippen molar-refractivity contribution < 1.29 is 4.42 Å². The van der Waals surface area contributed by atoms with Gasteiger partial charge in [-0.15, -0.1) is 0 Å². The Morgan fingerprint density at radius 1 is 1.29 bits per heavy atom. The summed E-state index contributed by atoms with van der Waals surface area (Å²) in [5.74, 6) is 0.786. The third-order valence-electron chi connectivity index (χ3n) is 3.82. The molecule has 1 fully saturated rings. The van der Waals surface area contributed by atoms with Gasteiger partial charge in [-0.2, -0.15) is 4.98 Å². The largest absolute Gasteiger partial charge is 0.438 e. The number of oxazole rings is 1. The van der Waals surface area contributed by atoms with Crippen molar-refractivity contribution in [1.82, 2.24) is 9.97 Å². The van der Waals surface area contributed by atoms with Crippen LogP contribution in [0.3, 0.4) is 0 Å². The Morgan fingerprint density at radius 3 is 2.82 bits per heavy atom. The van der Waals surface area contributed by atoms with Crippen molar-refractivity contribution in [3.05, 3.63) is 24.2 Å². The van der Waals surface area contributed by atoms with Crippen molar-refractivity contribution in [2.45, 2.75) is 37.5 Å². The molecule has 1 saturated carbocycles. The van der Waals surface area contributed by atoms with Crippen LogP contribution in [-0.4, -0.2) is 16.5 Å². The van der Waals surface area contributed by atoms with Crippen LogP contribution in [0.5, 0.6) is 0 Å². The first-order valence-electron chi connectivity index (χ1n) is 6.26. The molecule has 2 N–H and O–H groups in total. The molecule has 0 radical (unpaired) electrons. The van der Waals surface area contributed by atoms with E-state index >= 15 is 0 Å².